The van der Waals surface area contributed by atoms with Gasteiger partial charge in [-0.3, -0.25) is 4.91 Å². The van der Waals surface area contributed by atoms with E-state index in [9.17, 15) is 0 Å². The van der Waals surface area contributed by atoms with E-state index in [4.69, 9.17) is 21.6 Å². The molecule has 0 heterocycles. The standard InChI is InChI=1S/2C4H7N.N3/c2*1-4(2)3-5;1-3-2/h2*4H,1-2H3;/q;;-1. The molecule has 0 atom stereocenters. The zero-order chi connectivity index (χ0) is 11.3. The predicted molar refractivity (Wildman–Crippen MR) is 51.0 cm³/mol. The number of nitrogens with zero attached hydrogens (tertiary/aromatic N) is 5. The van der Waals surface area contributed by atoms with Gasteiger partial charge in [0.05, 0.1) is 12.1 Å². The van der Waals surface area contributed by atoms with Crippen LogP contribution in [0.4, 0.5) is 0 Å². The lowest BCUT2D eigenvalue weighted by Crippen LogP contribution is -1.72. The number of nitriles is 2. The van der Waals surface area contributed by atoms with Crippen molar-refractivity contribution in [2.24, 2.45) is 11.8 Å². The predicted octanol–water partition coefficient (Wildman–Crippen LogP) is 3.20. The maximum atomic E-state index is 7.89. The summed E-state index contributed by atoms with van der Waals surface area (Å²) in [6, 6.07) is 4.06. The lowest BCUT2D eigenvalue weighted by molar-refractivity contribution is 0.849. The third-order valence-corrected chi connectivity index (χ3v) is 0.516. The van der Waals surface area contributed by atoms with Gasteiger partial charge in [-0.25, -0.2) is 0 Å². The van der Waals surface area contributed by atoms with Crippen molar-refractivity contribution in [2.75, 3.05) is 0 Å². The molecule has 0 unspecified atom stereocenters. The molecule has 0 rings (SSSR count). The highest BCUT2D eigenvalue weighted by molar-refractivity contribution is 4.73. The first-order valence-corrected chi connectivity index (χ1v) is 3.73. The first kappa shape index (κ1) is 17.4. The van der Waals surface area contributed by atoms with E-state index >= 15 is 0 Å². The molecule has 0 aliphatic heterocycles. The van der Waals surface area contributed by atoms with E-state index in [1.165, 1.54) is 4.91 Å². The second-order valence-corrected chi connectivity index (χ2v) is 2.66. The highest BCUT2D eigenvalue weighted by atomic mass is 15.0. The fourth-order valence-corrected chi connectivity index (χ4v) is 0. The molecule has 0 aliphatic rings. The van der Waals surface area contributed by atoms with Crippen molar-refractivity contribution < 1.29 is 0 Å². The smallest absolute Gasteiger partial charge is 0.0649 e. The van der Waals surface area contributed by atoms with E-state index in [-0.39, 0.29) is 11.8 Å². The minimum absolute atomic E-state index is 0.190. The van der Waals surface area contributed by atoms with Gasteiger partial charge in [0, 0.05) is 11.8 Å². The van der Waals surface area contributed by atoms with Crippen LogP contribution in [-0.4, -0.2) is 0 Å². The van der Waals surface area contributed by atoms with Crippen LogP contribution in [0.5, 0.6) is 0 Å². The molecule has 0 saturated carbocycles. The average Bonchev–Trinajstić information content (AvgIpc) is 2.07. The van der Waals surface area contributed by atoms with Gasteiger partial charge in [0.1, 0.15) is 0 Å². The van der Waals surface area contributed by atoms with E-state index < -0.39 is 0 Å². The SMILES string of the molecule is CC(C)C#N.CC(C)C#N.[N-]=[N+]=[N-]. The van der Waals surface area contributed by atoms with Crippen LogP contribution in [0.1, 0.15) is 27.7 Å². The second-order valence-electron chi connectivity index (χ2n) is 2.66. The van der Waals surface area contributed by atoms with E-state index in [0.717, 1.165) is 0 Å². The van der Waals surface area contributed by atoms with Crippen molar-refractivity contribution in [1.82, 2.24) is 0 Å². The minimum atomic E-state index is 0.190. The quantitative estimate of drug-likeness (QED) is 0.324. The highest BCUT2D eigenvalue weighted by Crippen LogP contribution is 1.82. The number of hydrogen-bond acceptors (Lipinski definition) is 2. The van der Waals surface area contributed by atoms with E-state index in [1.807, 2.05) is 39.8 Å². The fourth-order valence-electron chi connectivity index (χ4n) is 0. The normalized spacial score (nSPS) is 6.46. The zero-order valence-corrected chi connectivity index (χ0v) is 8.39. The van der Waals surface area contributed by atoms with E-state index in [2.05, 4.69) is 0 Å². The molecule has 0 aliphatic carbocycles. The molecule has 0 bridgehead atoms. The van der Waals surface area contributed by atoms with E-state index in [0.29, 0.717) is 0 Å². The molecular weight excluding hydrogens is 166 g/mol. The molecule has 5 heteroatoms. The molecule has 0 aromatic heterocycles. The molecular formula is C8H14N5-. The van der Waals surface area contributed by atoms with Gasteiger partial charge in [-0.1, -0.05) is 0 Å². The zero-order valence-electron chi connectivity index (χ0n) is 8.39. The summed E-state index contributed by atoms with van der Waals surface area (Å²) in [5, 5.41) is 15.8. The minimum Gasteiger partial charge on any atom is -0.373 e. The van der Waals surface area contributed by atoms with Crippen LogP contribution >= 0.6 is 0 Å². The van der Waals surface area contributed by atoms with Crippen molar-refractivity contribution in [2.45, 2.75) is 27.7 Å². The molecule has 0 radical (unpaired) electrons. The van der Waals surface area contributed by atoms with Gasteiger partial charge in [-0.05, 0) is 27.7 Å². The third kappa shape index (κ3) is 135. The Kier molecular flexibility index (Phi) is 22.4. The summed E-state index contributed by atoms with van der Waals surface area (Å²) in [5.41, 5.74) is 13.5. The summed E-state index contributed by atoms with van der Waals surface area (Å²) in [6.07, 6.45) is 0. The maximum absolute atomic E-state index is 7.89. The maximum Gasteiger partial charge on any atom is 0.0649 e. The van der Waals surface area contributed by atoms with Crippen LogP contribution in [-0.2, 0) is 0 Å². The molecule has 0 aromatic carbocycles. The van der Waals surface area contributed by atoms with Crippen molar-refractivity contribution >= 4 is 0 Å². The van der Waals surface area contributed by atoms with Gasteiger partial charge in [-0.2, -0.15) is 10.5 Å². The largest absolute Gasteiger partial charge is 0.373 e. The Labute approximate surface area is 79.0 Å². The molecule has 0 spiro atoms. The molecule has 0 saturated heterocycles. The van der Waals surface area contributed by atoms with Crippen LogP contribution in [0, 0.1) is 34.5 Å². The highest BCUT2D eigenvalue weighted by Gasteiger charge is 1.79. The Morgan fingerprint density at radius 1 is 0.923 bits per heavy atom. The van der Waals surface area contributed by atoms with Crippen LogP contribution in [0.2, 0.25) is 0 Å². The number of hydrogen-bond donors (Lipinski definition) is 0. The molecule has 13 heavy (non-hydrogen) atoms. The average molecular weight is 180 g/mol. The molecule has 0 fully saturated rings. The van der Waals surface area contributed by atoms with Gasteiger partial charge < -0.3 is 11.1 Å². The van der Waals surface area contributed by atoms with E-state index in [1.54, 1.807) is 0 Å². The Balaban J connectivity index is -0.000000120. The lowest BCUT2D eigenvalue weighted by Gasteiger charge is -1.75. The van der Waals surface area contributed by atoms with Gasteiger partial charge in [0.2, 0.25) is 0 Å². The van der Waals surface area contributed by atoms with Gasteiger partial charge in [0.25, 0.3) is 0 Å². The van der Waals surface area contributed by atoms with Gasteiger partial charge >= 0.3 is 0 Å². The van der Waals surface area contributed by atoms with Gasteiger partial charge in [-0.15, -0.1) is 0 Å². The van der Waals surface area contributed by atoms with Crippen molar-refractivity contribution in [3.8, 4) is 12.1 Å². The molecule has 72 valence electrons. The van der Waals surface area contributed by atoms with Gasteiger partial charge in [0.15, 0.2) is 0 Å². The molecule has 0 amide bonds. The summed E-state index contributed by atoms with van der Waals surface area (Å²) in [7, 11) is 0. The Morgan fingerprint density at radius 2 is 1.00 bits per heavy atom. The summed E-state index contributed by atoms with van der Waals surface area (Å²) < 4.78 is 0. The monoisotopic (exact) mass is 180 g/mol. The van der Waals surface area contributed by atoms with Crippen LogP contribution in [0.25, 0.3) is 16.0 Å². The van der Waals surface area contributed by atoms with Crippen LogP contribution in [0.15, 0.2) is 0 Å². The third-order valence-electron chi connectivity index (χ3n) is 0.516. The van der Waals surface area contributed by atoms with Crippen molar-refractivity contribution in [3.63, 3.8) is 0 Å². The molecule has 5 nitrogen and oxygen atoms in total. The van der Waals surface area contributed by atoms with Crippen LogP contribution in [0.3, 0.4) is 0 Å². The number of rotatable bonds is 0. The molecule has 0 aromatic rings. The summed E-state index contributed by atoms with van der Waals surface area (Å²) in [5.74, 6) is 0.380. The topological polar surface area (TPSA) is 106 Å². The van der Waals surface area contributed by atoms with Crippen LogP contribution < -0.4 is 0 Å². The summed E-state index contributed by atoms with van der Waals surface area (Å²) in [4.78, 5) is 1.50. The fraction of sp³-hybridized carbons (Fsp3) is 0.750. The Bertz CT molecular complexity index is 182. The molecule has 0 N–H and O–H groups in total. The first-order chi connectivity index (χ1) is 5.95. The summed E-state index contributed by atoms with van der Waals surface area (Å²) in [6.45, 7) is 7.44. The Morgan fingerprint density at radius 3 is 1.00 bits per heavy atom. The first-order valence-electron chi connectivity index (χ1n) is 3.73. The Hall–Kier alpha value is -1.71. The lowest BCUT2D eigenvalue weighted by atomic mass is 10.3. The van der Waals surface area contributed by atoms with Crippen molar-refractivity contribution in [3.05, 3.63) is 16.0 Å². The second kappa shape index (κ2) is 16.7. The van der Waals surface area contributed by atoms with Crippen molar-refractivity contribution in [1.29, 1.82) is 10.5 Å². The summed E-state index contributed by atoms with van der Waals surface area (Å²) >= 11 is 0.